The van der Waals surface area contributed by atoms with Gasteiger partial charge < -0.3 is 14.8 Å². The van der Waals surface area contributed by atoms with Crippen LogP contribution in [0.3, 0.4) is 0 Å². The molecule has 1 rings (SSSR count). The average Bonchev–Trinajstić information content (AvgIpc) is 2.85. The largest absolute Gasteiger partial charge is 0.480 e. The molecule has 1 aromatic heterocycles. The molecule has 0 saturated carbocycles. The summed E-state index contributed by atoms with van der Waals surface area (Å²) in [6.07, 6.45) is 0.564. The lowest BCUT2D eigenvalue weighted by Crippen LogP contribution is -2.44. The van der Waals surface area contributed by atoms with Gasteiger partial charge in [0.2, 0.25) is 10.0 Å². The maximum Gasteiger partial charge on any atom is 0.326 e. The first-order valence-corrected chi connectivity index (χ1v) is 8.53. The monoisotopic (exact) mass is 346 g/mol. The molecule has 0 fully saturated rings. The standard InChI is InChI=1S/C14H22N2O6S/c1-6-8(2)12(14(18)19)15-13(17)10-7-11(9(3)22-10)23(20,21)16(4)5/h7-8,12H,6H2,1-5H3,(H,15,17)(H,18,19). The van der Waals surface area contributed by atoms with Gasteiger partial charge in [0.25, 0.3) is 5.91 Å². The van der Waals surface area contributed by atoms with Crippen molar-refractivity contribution in [2.75, 3.05) is 14.1 Å². The van der Waals surface area contributed by atoms with Gasteiger partial charge in [-0.25, -0.2) is 17.5 Å². The lowest BCUT2D eigenvalue weighted by atomic mass is 9.99. The van der Waals surface area contributed by atoms with Crippen LogP contribution in [0.5, 0.6) is 0 Å². The van der Waals surface area contributed by atoms with Gasteiger partial charge >= 0.3 is 5.97 Å². The number of nitrogens with zero attached hydrogens (tertiary/aromatic N) is 1. The minimum absolute atomic E-state index is 0.0688. The van der Waals surface area contributed by atoms with E-state index in [4.69, 9.17) is 4.42 Å². The van der Waals surface area contributed by atoms with Gasteiger partial charge in [0.15, 0.2) is 5.76 Å². The van der Waals surface area contributed by atoms with Crippen molar-refractivity contribution in [2.45, 2.75) is 38.1 Å². The number of hydrogen-bond donors (Lipinski definition) is 2. The number of nitrogens with one attached hydrogen (secondary N) is 1. The summed E-state index contributed by atoms with van der Waals surface area (Å²) in [6.45, 7) is 4.94. The molecule has 1 amide bonds. The van der Waals surface area contributed by atoms with Crippen LogP contribution < -0.4 is 5.32 Å². The maximum absolute atomic E-state index is 12.2. The van der Waals surface area contributed by atoms with E-state index in [0.29, 0.717) is 6.42 Å². The predicted molar refractivity (Wildman–Crippen MR) is 82.7 cm³/mol. The number of rotatable bonds is 7. The lowest BCUT2D eigenvalue weighted by Gasteiger charge is -2.19. The average molecular weight is 346 g/mol. The van der Waals surface area contributed by atoms with E-state index in [1.807, 2.05) is 6.92 Å². The smallest absolute Gasteiger partial charge is 0.326 e. The molecule has 23 heavy (non-hydrogen) atoms. The van der Waals surface area contributed by atoms with Crippen LogP contribution in [0.15, 0.2) is 15.4 Å². The van der Waals surface area contributed by atoms with Crippen LogP contribution >= 0.6 is 0 Å². The number of carboxylic acid groups (broad SMARTS) is 1. The number of aliphatic carboxylic acids is 1. The van der Waals surface area contributed by atoms with Gasteiger partial charge in [-0.1, -0.05) is 20.3 Å². The first-order valence-electron chi connectivity index (χ1n) is 7.09. The van der Waals surface area contributed by atoms with E-state index in [1.54, 1.807) is 6.92 Å². The Kier molecular flexibility index (Phi) is 5.95. The Morgan fingerprint density at radius 1 is 1.39 bits per heavy atom. The summed E-state index contributed by atoms with van der Waals surface area (Å²) < 4.78 is 30.4. The number of carboxylic acids is 1. The lowest BCUT2D eigenvalue weighted by molar-refractivity contribution is -0.140. The summed E-state index contributed by atoms with van der Waals surface area (Å²) in [4.78, 5) is 23.3. The minimum atomic E-state index is -3.74. The van der Waals surface area contributed by atoms with Crippen molar-refractivity contribution < 1.29 is 27.5 Å². The van der Waals surface area contributed by atoms with Crippen LogP contribution in [-0.4, -0.2) is 49.8 Å². The second-order valence-corrected chi connectivity index (χ2v) is 7.61. The van der Waals surface area contributed by atoms with Gasteiger partial charge in [0, 0.05) is 20.2 Å². The summed E-state index contributed by atoms with van der Waals surface area (Å²) in [5.41, 5.74) is 0. The molecule has 0 spiro atoms. The third kappa shape index (κ3) is 4.11. The first kappa shape index (κ1) is 19.2. The Balaban J connectivity index is 3.09. The fraction of sp³-hybridized carbons (Fsp3) is 0.571. The van der Waals surface area contributed by atoms with Crippen LogP contribution in [0.25, 0.3) is 0 Å². The third-order valence-electron chi connectivity index (χ3n) is 3.62. The van der Waals surface area contributed by atoms with Crippen LogP contribution in [0, 0.1) is 12.8 Å². The van der Waals surface area contributed by atoms with Crippen molar-refractivity contribution in [1.82, 2.24) is 9.62 Å². The molecule has 0 aliphatic heterocycles. The zero-order valence-corrected chi connectivity index (χ0v) is 14.6. The number of sulfonamides is 1. The fourth-order valence-electron chi connectivity index (χ4n) is 1.93. The number of aryl methyl sites for hydroxylation is 1. The van der Waals surface area contributed by atoms with Crippen LogP contribution in [0.1, 0.15) is 36.6 Å². The second-order valence-electron chi connectivity index (χ2n) is 5.49. The summed E-state index contributed by atoms with van der Waals surface area (Å²) in [5.74, 6) is -2.37. The van der Waals surface area contributed by atoms with Gasteiger partial charge in [-0.3, -0.25) is 4.79 Å². The van der Waals surface area contributed by atoms with E-state index < -0.39 is 27.9 Å². The molecular weight excluding hydrogens is 324 g/mol. The second kappa shape index (κ2) is 7.14. The molecular formula is C14H22N2O6S. The highest BCUT2D eigenvalue weighted by Gasteiger charge is 2.29. The summed E-state index contributed by atoms with van der Waals surface area (Å²) in [7, 11) is -1.01. The predicted octanol–water partition coefficient (Wildman–Crippen LogP) is 1.07. The Morgan fingerprint density at radius 2 is 1.96 bits per heavy atom. The Morgan fingerprint density at radius 3 is 2.39 bits per heavy atom. The summed E-state index contributed by atoms with van der Waals surface area (Å²) in [5, 5.41) is 11.5. The first-order chi connectivity index (χ1) is 10.5. The molecule has 0 radical (unpaired) electrons. The highest BCUT2D eigenvalue weighted by Crippen LogP contribution is 2.22. The number of carbonyl (C=O) groups excluding carboxylic acids is 1. The zero-order chi connectivity index (χ0) is 17.9. The van der Waals surface area contributed by atoms with Gasteiger partial charge in [0.1, 0.15) is 16.7 Å². The number of carbonyl (C=O) groups is 2. The third-order valence-corrected chi connectivity index (χ3v) is 5.54. The quantitative estimate of drug-likeness (QED) is 0.762. The van der Waals surface area contributed by atoms with E-state index in [9.17, 15) is 23.1 Å². The normalized spacial score (nSPS) is 14.5. The van der Waals surface area contributed by atoms with Crippen molar-refractivity contribution >= 4 is 21.9 Å². The number of furan rings is 1. The van der Waals surface area contributed by atoms with E-state index in [0.717, 1.165) is 10.4 Å². The van der Waals surface area contributed by atoms with Gasteiger partial charge in [-0.2, -0.15) is 0 Å². The molecule has 0 aliphatic rings. The Bertz CT molecular complexity index is 692. The topological polar surface area (TPSA) is 117 Å². The fourth-order valence-corrected chi connectivity index (χ4v) is 2.98. The molecule has 130 valence electrons. The Labute approximate surface area is 135 Å². The molecule has 2 atom stereocenters. The van der Waals surface area contributed by atoms with Gasteiger partial charge in [-0.05, 0) is 12.8 Å². The zero-order valence-electron chi connectivity index (χ0n) is 13.8. The number of amides is 1. The van der Waals surface area contributed by atoms with E-state index >= 15 is 0 Å². The highest BCUT2D eigenvalue weighted by molar-refractivity contribution is 7.89. The molecule has 0 bridgehead atoms. The van der Waals surface area contributed by atoms with E-state index in [2.05, 4.69) is 5.32 Å². The molecule has 2 unspecified atom stereocenters. The van der Waals surface area contributed by atoms with Crippen molar-refractivity contribution in [1.29, 1.82) is 0 Å². The molecule has 1 aromatic rings. The van der Waals surface area contributed by atoms with E-state index in [1.165, 1.54) is 21.0 Å². The minimum Gasteiger partial charge on any atom is -0.480 e. The van der Waals surface area contributed by atoms with Crippen LogP contribution in [0.4, 0.5) is 0 Å². The van der Waals surface area contributed by atoms with E-state index in [-0.39, 0.29) is 22.3 Å². The maximum atomic E-state index is 12.2. The summed E-state index contributed by atoms with van der Waals surface area (Å²) in [6, 6.07) is 0.0296. The Hall–Kier alpha value is -1.87. The van der Waals surface area contributed by atoms with Crippen molar-refractivity contribution in [3.63, 3.8) is 0 Å². The van der Waals surface area contributed by atoms with Crippen molar-refractivity contribution in [2.24, 2.45) is 5.92 Å². The number of hydrogen-bond acceptors (Lipinski definition) is 5. The molecule has 2 N–H and O–H groups in total. The van der Waals surface area contributed by atoms with Gasteiger partial charge in [0.05, 0.1) is 0 Å². The van der Waals surface area contributed by atoms with Crippen LogP contribution in [0.2, 0.25) is 0 Å². The SMILES string of the molecule is CCC(C)C(NC(=O)c1cc(S(=O)(=O)N(C)C)c(C)o1)C(=O)O. The van der Waals surface area contributed by atoms with Crippen LogP contribution in [-0.2, 0) is 14.8 Å². The molecule has 0 aliphatic carbocycles. The molecule has 1 heterocycles. The van der Waals surface area contributed by atoms with Gasteiger partial charge in [-0.15, -0.1) is 0 Å². The molecule has 8 nitrogen and oxygen atoms in total. The van der Waals surface area contributed by atoms with Crippen molar-refractivity contribution in [3.8, 4) is 0 Å². The molecule has 0 saturated heterocycles. The molecule has 0 aromatic carbocycles. The highest BCUT2D eigenvalue weighted by atomic mass is 32.2. The molecule has 9 heteroatoms. The summed E-state index contributed by atoms with van der Waals surface area (Å²) >= 11 is 0. The van der Waals surface area contributed by atoms with Crippen molar-refractivity contribution in [3.05, 3.63) is 17.6 Å².